The van der Waals surface area contributed by atoms with Gasteiger partial charge in [0.25, 0.3) is 0 Å². The molecule has 0 unspecified atom stereocenters. The van der Waals surface area contributed by atoms with Crippen LogP contribution in [0, 0.1) is 5.92 Å². The molecule has 54 valence electrons. The molecule has 1 aliphatic heterocycles. The van der Waals surface area contributed by atoms with E-state index in [0.29, 0.717) is 0 Å². The third kappa shape index (κ3) is 1.91. The highest BCUT2D eigenvalue weighted by Gasteiger charge is 2.16. The lowest BCUT2D eigenvalue weighted by atomic mass is 10.0. The highest BCUT2D eigenvalue weighted by atomic mass is 19.1. The normalized spacial score (nSPS) is 30.7. The zero-order chi connectivity index (χ0) is 6.69. The lowest BCUT2D eigenvalue weighted by Crippen LogP contribution is -2.40. The fourth-order valence-corrected chi connectivity index (χ4v) is 1.22. The summed E-state index contributed by atoms with van der Waals surface area (Å²) in [4.78, 5) is 0. The maximum Gasteiger partial charge on any atom is 0.0935 e. The summed E-state index contributed by atoms with van der Waals surface area (Å²) in [6.07, 6.45) is 2.05. The van der Waals surface area contributed by atoms with E-state index in [4.69, 9.17) is 5.84 Å². The number of piperidine rings is 1. The monoisotopic (exact) mass is 132 g/mol. The van der Waals surface area contributed by atoms with Crippen LogP contribution < -0.4 is 5.84 Å². The molecule has 0 aromatic rings. The molecule has 0 aliphatic carbocycles. The zero-order valence-corrected chi connectivity index (χ0v) is 5.52. The van der Waals surface area contributed by atoms with E-state index >= 15 is 0 Å². The second-order valence-corrected chi connectivity index (χ2v) is 2.66. The second-order valence-electron chi connectivity index (χ2n) is 2.66. The molecule has 1 heterocycles. The van der Waals surface area contributed by atoms with E-state index in [0.717, 1.165) is 25.9 Å². The van der Waals surface area contributed by atoms with Crippen molar-refractivity contribution in [2.45, 2.75) is 12.8 Å². The summed E-state index contributed by atoms with van der Waals surface area (Å²) in [6, 6.07) is 0. The summed E-state index contributed by atoms with van der Waals surface area (Å²) < 4.78 is 12.0. The molecule has 2 N–H and O–H groups in total. The molecule has 3 heteroatoms. The van der Waals surface area contributed by atoms with Crippen LogP contribution in [0.2, 0.25) is 0 Å². The second kappa shape index (κ2) is 3.13. The van der Waals surface area contributed by atoms with Crippen molar-refractivity contribution in [2.24, 2.45) is 11.8 Å². The average molecular weight is 132 g/mol. The molecule has 0 saturated carbocycles. The van der Waals surface area contributed by atoms with Crippen molar-refractivity contribution in [2.75, 3.05) is 19.8 Å². The van der Waals surface area contributed by atoms with Crippen LogP contribution >= 0.6 is 0 Å². The first-order valence-electron chi connectivity index (χ1n) is 3.38. The minimum Gasteiger partial charge on any atom is -0.269 e. The van der Waals surface area contributed by atoms with Crippen molar-refractivity contribution < 1.29 is 4.39 Å². The Kier molecular flexibility index (Phi) is 2.42. The molecule has 1 rings (SSSR count). The molecule has 1 aliphatic rings. The van der Waals surface area contributed by atoms with E-state index in [-0.39, 0.29) is 12.6 Å². The van der Waals surface area contributed by atoms with Crippen LogP contribution in [0.1, 0.15) is 12.8 Å². The molecule has 9 heavy (non-hydrogen) atoms. The third-order valence-corrected chi connectivity index (χ3v) is 1.77. The van der Waals surface area contributed by atoms with Crippen LogP contribution in [0.25, 0.3) is 0 Å². The molecule has 0 aromatic heterocycles. The summed E-state index contributed by atoms with van der Waals surface area (Å²) >= 11 is 0. The minimum absolute atomic E-state index is 0.198. The van der Waals surface area contributed by atoms with Gasteiger partial charge in [0.2, 0.25) is 0 Å². The molecule has 0 radical (unpaired) electrons. The lowest BCUT2D eigenvalue weighted by molar-refractivity contribution is 0.156. The predicted octanol–water partition coefficient (Wildman–Crippen LogP) is 0.542. The van der Waals surface area contributed by atoms with Gasteiger partial charge in [0.1, 0.15) is 0 Å². The first-order chi connectivity index (χ1) is 4.33. The van der Waals surface area contributed by atoms with Gasteiger partial charge in [-0.1, -0.05) is 0 Å². The van der Waals surface area contributed by atoms with Crippen LogP contribution in [0.3, 0.4) is 0 Å². The van der Waals surface area contributed by atoms with Crippen molar-refractivity contribution in [1.82, 2.24) is 5.01 Å². The first-order valence-corrected chi connectivity index (χ1v) is 3.38. The number of hydrogen-bond acceptors (Lipinski definition) is 2. The molecule has 0 spiro atoms. The van der Waals surface area contributed by atoms with E-state index in [9.17, 15) is 4.39 Å². The van der Waals surface area contributed by atoms with E-state index in [1.54, 1.807) is 5.01 Å². The van der Waals surface area contributed by atoms with Gasteiger partial charge < -0.3 is 0 Å². The fraction of sp³-hybridized carbons (Fsp3) is 1.00. The fourth-order valence-electron chi connectivity index (χ4n) is 1.22. The van der Waals surface area contributed by atoms with Crippen LogP contribution in [0.4, 0.5) is 4.39 Å². The van der Waals surface area contributed by atoms with Crippen LogP contribution in [0.15, 0.2) is 0 Å². The summed E-state index contributed by atoms with van der Waals surface area (Å²) in [5.41, 5.74) is 0. The Bertz CT molecular complexity index is 87.1. The van der Waals surface area contributed by atoms with Crippen LogP contribution in [-0.2, 0) is 0 Å². The van der Waals surface area contributed by atoms with Gasteiger partial charge in [-0.2, -0.15) is 0 Å². The Labute approximate surface area is 54.8 Å². The van der Waals surface area contributed by atoms with Crippen molar-refractivity contribution in [3.8, 4) is 0 Å². The van der Waals surface area contributed by atoms with E-state index < -0.39 is 0 Å². The summed E-state index contributed by atoms with van der Waals surface area (Å²) in [5.74, 6) is 5.67. The molecule has 2 nitrogen and oxygen atoms in total. The molecular weight excluding hydrogens is 119 g/mol. The van der Waals surface area contributed by atoms with Gasteiger partial charge in [-0.15, -0.1) is 0 Å². The van der Waals surface area contributed by atoms with Crippen molar-refractivity contribution >= 4 is 0 Å². The van der Waals surface area contributed by atoms with Crippen molar-refractivity contribution in [3.63, 3.8) is 0 Å². The first kappa shape index (κ1) is 6.96. The highest BCUT2D eigenvalue weighted by Crippen LogP contribution is 2.13. The van der Waals surface area contributed by atoms with Crippen LogP contribution in [-0.4, -0.2) is 24.8 Å². The smallest absolute Gasteiger partial charge is 0.0935 e. The Morgan fingerprint density at radius 2 is 2.44 bits per heavy atom. The van der Waals surface area contributed by atoms with Gasteiger partial charge in [-0.25, -0.2) is 5.01 Å². The molecule has 1 saturated heterocycles. The number of rotatable bonds is 1. The average Bonchev–Trinajstić information content (AvgIpc) is 1.88. The summed E-state index contributed by atoms with van der Waals surface area (Å²) in [6.45, 7) is 1.45. The number of nitrogens with zero attached hydrogens (tertiary/aromatic N) is 1. The zero-order valence-electron chi connectivity index (χ0n) is 5.52. The SMILES string of the molecule is NN1CCC[C@@H](CF)C1. The Morgan fingerprint density at radius 1 is 1.67 bits per heavy atom. The lowest BCUT2D eigenvalue weighted by Gasteiger charge is -2.26. The summed E-state index contributed by atoms with van der Waals surface area (Å²) in [5, 5.41) is 1.70. The largest absolute Gasteiger partial charge is 0.269 e. The number of halogens is 1. The maximum atomic E-state index is 12.0. The molecule has 0 aromatic carbocycles. The third-order valence-electron chi connectivity index (χ3n) is 1.77. The van der Waals surface area contributed by atoms with Gasteiger partial charge in [-0.3, -0.25) is 10.2 Å². The van der Waals surface area contributed by atoms with Crippen molar-refractivity contribution in [1.29, 1.82) is 0 Å². The van der Waals surface area contributed by atoms with Gasteiger partial charge in [0, 0.05) is 19.0 Å². The molecular formula is C6H13FN2. The van der Waals surface area contributed by atoms with E-state index in [1.165, 1.54) is 0 Å². The predicted molar refractivity (Wildman–Crippen MR) is 34.5 cm³/mol. The van der Waals surface area contributed by atoms with E-state index in [2.05, 4.69) is 0 Å². The van der Waals surface area contributed by atoms with Crippen molar-refractivity contribution in [3.05, 3.63) is 0 Å². The Morgan fingerprint density at radius 3 is 2.89 bits per heavy atom. The molecule has 1 atom stereocenters. The highest BCUT2D eigenvalue weighted by molar-refractivity contribution is 4.67. The van der Waals surface area contributed by atoms with E-state index in [1.807, 2.05) is 0 Å². The quantitative estimate of drug-likeness (QED) is 0.528. The number of hydrazine groups is 1. The van der Waals surface area contributed by atoms with Gasteiger partial charge in [0.05, 0.1) is 6.67 Å². The number of alkyl halides is 1. The summed E-state index contributed by atoms with van der Waals surface area (Å²) in [7, 11) is 0. The Hall–Kier alpha value is -0.150. The minimum atomic E-state index is -0.215. The molecule has 0 amide bonds. The van der Waals surface area contributed by atoms with Gasteiger partial charge >= 0.3 is 0 Å². The number of hydrogen-bond donors (Lipinski definition) is 1. The molecule has 0 bridgehead atoms. The maximum absolute atomic E-state index is 12.0. The topological polar surface area (TPSA) is 29.3 Å². The molecule has 1 fully saturated rings. The van der Waals surface area contributed by atoms with Gasteiger partial charge in [-0.05, 0) is 12.8 Å². The Balaban J connectivity index is 2.23. The standard InChI is InChI=1S/C6H13FN2/c7-4-6-2-1-3-9(8)5-6/h6H,1-5,8H2/t6-/m0/s1. The van der Waals surface area contributed by atoms with Gasteiger partial charge in [0.15, 0.2) is 0 Å². The number of nitrogens with two attached hydrogens (primary N) is 1. The van der Waals surface area contributed by atoms with Crippen LogP contribution in [0.5, 0.6) is 0 Å².